The smallest absolute Gasteiger partial charge is 0.198 e. The lowest BCUT2D eigenvalue weighted by atomic mass is 9.90. The van der Waals surface area contributed by atoms with Crippen molar-refractivity contribution in [3.05, 3.63) is 35.9 Å². The highest BCUT2D eigenvalue weighted by atomic mass is 16.2. The van der Waals surface area contributed by atoms with E-state index in [9.17, 15) is 9.59 Å². The normalized spacial score (nSPS) is 12.0. The first-order valence-electron chi connectivity index (χ1n) is 9.81. The SMILES string of the molecule is CCCCCCCCCCCCC(Cc1ccccc1)C(=O)C=O. The Morgan fingerprint density at radius 2 is 1.42 bits per heavy atom. The molecule has 0 aliphatic rings. The van der Waals surface area contributed by atoms with Crippen LogP contribution in [-0.4, -0.2) is 12.1 Å². The zero-order valence-corrected chi connectivity index (χ0v) is 15.3. The van der Waals surface area contributed by atoms with E-state index in [-0.39, 0.29) is 11.7 Å². The Bertz CT molecular complexity index is 439. The highest BCUT2D eigenvalue weighted by Crippen LogP contribution is 2.18. The Morgan fingerprint density at radius 3 is 1.96 bits per heavy atom. The van der Waals surface area contributed by atoms with Crippen LogP contribution < -0.4 is 0 Å². The van der Waals surface area contributed by atoms with Gasteiger partial charge < -0.3 is 0 Å². The van der Waals surface area contributed by atoms with Crippen LogP contribution in [0.2, 0.25) is 0 Å². The highest BCUT2D eigenvalue weighted by Gasteiger charge is 2.17. The Kier molecular flexibility index (Phi) is 12.0. The molecule has 1 aromatic carbocycles. The van der Waals surface area contributed by atoms with Gasteiger partial charge in [-0.05, 0) is 18.4 Å². The molecule has 1 aromatic rings. The number of ketones is 1. The molecule has 0 saturated heterocycles. The summed E-state index contributed by atoms with van der Waals surface area (Å²) in [6.07, 6.45) is 14.9. The zero-order chi connectivity index (χ0) is 17.5. The number of hydrogen-bond acceptors (Lipinski definition) is 2. The van der Waals surface area contributed by atoms with Crippen LogP contribution in [0.15, 0.2) is 30.3 Å². The van der Waals surface area contributed by atoms with Crippen LogP contribution in [0.4, 0.5) is 0 Å². The Labute approximate surface area is 148 Å². The fourth-order valence-electron chi connectivity index (χ4n) is 3.22. The minimum absolute atomic E-state index is 0.140. The third kappa shape index (κ3) is 9.64. The molecule has 0 aliphatic carbocycles. The van der Waals surface area contributed by atoms with E-state index in [4.69, 9.17) is 0 Å². The van der Waals surface area contributed by atoms with Gasteiger partial charge in [-0.2, -0.15) is 0 Å². The highest BCUT2D eigenvalue weighted by molar-refractivity contribution is 6.25. The summed E-state index contributed by atoms with van der Waals surface area (Å²) < 4.78 is 0. The maximum atomic E-state index is 11.8. The van der Waals surface area contributed by atoms with Crippen LogP contribution in [0.1, 0.15) is 83.1 Å². The number of hydrogen-bond donors (Lipinski definition) is 0. The Balaban J connectivity index is 2.14. The lowest BCUT2D eigenvalue weighted by molar-refractivity contribution is -0.132. The van der Waals surface area contributed by atoms with Gasteiger partial charge in [-0.25, -0.2) is 0 Å². The number of carbonyl (C=O) groups excluding carboxylic acids is 2. The number of aldehydes is 1. The molecule has 0 aliphatic heterocycles. The molecule has 2 heteroatoms. The first kappa shape index (κ1) is 20.6. The fourth-order valence-corrected chi connectivity index (χ4v) is 3.22. The molecular formula is C22H34O2. The second-order valence-electron chi connectivity index (χ2n) is 6.88. The number of carbonyl (C=O) groups is 2. The molecule has 1 atom stereocenters. The van der Waals surface area contributed by atoms with Crippen LogP contribution >= 0.6 is 0 Å². The molecule has 134 valence electrons. The van der Waals surface area contributed by atoms with E-state index < -0.39 is 0 Å². The standard InChI is InChI=1S/C22H34O2/c1-2-3-4-5-6-7-8-9-10-14-17-21(22(24)19-23)18-20-15-12-11-13-16-20/h11-13,15-16,19,21H,2-10,14,17-18H2,1H3. The minimum atomic E-state index is -0.241. The maximum absolute atomic E-state index is 11.8. The van der Waals surface area contributed by atoms with Crippen LogP contribution in [-0.2, 0) is 16.0 Å². The zero-order valence-electron chi connectivity index (χ0n) is 15.3. The first-order chi connectivity index (χ1) is 11.8. The van der Waals surface area contributed by atoms with Crippen LogP contribution in [0.3, 0.4) is 0 Å². The van der Waals surface area contributed by atoms with E-state index >= 15 is 0 Å². The molecule has 0 radical (unpaired) electrons. The van der Waals surface area contributed by atoms with Crippen molar-refractivity contribution in [2.24, 2.45) is 5.92 Å². The van der Waals surface area contributed by atoms with Crippen molar-refractivity contribution in [3.63, 3.8) is 0 Å². The summed E-state index contributed by atoms with van der Waals surface area (Å²) >= 11 is 0. The fraction of sp³-hybridized carbons (Fsp3) is 0.636. The number of Topliss-reactive ketones (excluding diaryl/α,β-unsaturated/α-hetero) is 1. The number of rotatable bonds is 15. The van der Waals surface area contributed by atoms with E-state index in [0.29, 0.717) is 12.7 Å². The molecule has 0 N–H and O–H groups in total. The van der Waals surface area contributed by atoms with Gasteiger partial charge in [0, 0.05) is 5.92 Å². The van der Waals surface area contributed by atoms with E-state index in [1.807, 2.05) is 30.3 Å². The summed E-state index contributed by atoms with van der Waals surface area (Å²) in [7, 11) is 0. The van der Waals surface area contributed by atoms with Crippen LogP contribution in [0.5, 0.6) is 0 Å². The third-order valence-electron chi connectivity index (χ3n) is 4.75. The topological polar surface area (TPSA) is 34.1 Å². The third-order valence-corrected chi connectivity index (χ3v) is 4.75. The Hall–Kier alpha value is -1.44. The number of unbranched alkanes of at least 4 members (excludes halogenated alkanes) is 9. The van der Waals surface area contributed by atoms with Crippen molar-refractivity contribution >= 4 is 12.1 Å². The summed E-state index contributed by atoms with van der Waals surface area (Å²) in [5.41, 5.74) is 1.14. The predicted molar refractivity (Wildman–Crippen MR) is 101 cm³/mol. The lowest BCUT2D eigenvalue weighted by Gasteiger charge is -2.13. The summed E-state index contributed by atoms with van der Waals surface area (Å²) in [4.78, 5) is 22.7. The van der Waals surface area contributed by atoms with Crippen molar-refractivity contribution in [2.45, 2.75) is 84.0 Å². The van der Waals surface area contributed by atoms with Gasteiger partial charge in [0.05, 0.1) is 0 Å². The molecule has 0 heterocycles. The summed E-state index contributed by atoms with van der Waals surface area (Å²) in [6.45, 7) is 2.25. The summed E-state index contributed by atoms with van der Waals surface area (Å²) in [6, 6.07) is 10.0. The average molecular weight is 331 g/mol. The molecular weight excluding hydrogens is 296 g/mol. The van der Waals surface area contributed by atoms with Gasteiger partial charge in [0.25, 0.3) is 0 Å². The van der Waals surface area contributed by atoms with E-state index in [0.717, 1.165) is 18.4 Å². The van der Waals surface area contributed by atoms with Crippen molar-refractivity contribution in [2.75, 3.05) is 0 Å². The molecule has 0 amide bonds. The largest absolute Gasteiger partial charge is 0.295 e. The van der Waals surface area contributed by atoms with Crippen LogP contribution in [0.25, 0.3) is 0 Å². The maximum Gasteiger partial charge on any atom is 0.198 e. The monoisotopic (exact) mass is 330 g/mol. The molecule has 0 bridgehead atoms. The second-order valence-corrected chi connectivity index (χ2v) is 6.88. The van der Waals surface area contributed by atoms with Crippen molar-refractivity contribution in [3.8, 4) is 0 Å². The van der Waals surface area contributed by atoms with Gasteiger partial charge in [0.2, 0.25) is 0 Å². The van der Waals surface area contributed by atoms with Gasteiger partial charge >= 0.3 is 0 Å². The van der Waals surface area contributed by atoms with Crippen molar-refractivity contribution in [1.29, 1.82) is 0 Å². The van der Waals surface area contributed by atoms with E-state index in [1.165, 1.54) is 57.8 Å². The Morgan fingerprint density at radius 1 is 0.875 bits per heavy atom. The van der Waals surface area contributed by atoms with Gasteiger partial charge in [-0.1, -0.05) is 101 Å². The van der Waals surface area contributed by atoms with E-state index in [1.54, 1.807) is 0 Å². The van der Waals surface area contributed by atoms with Gasteiger partial charge in [0.15, 0.2) is 12.1 Å². The molecule has 1 unspecified atom stereocenters. The molecule has 24 heavy (non-hydrogen) atoms. The average Bonchev–Trinajstić information content (AvgIpc) is 2.62. The van der Waals surface area contributed by atoms with Gasteiger partial charge in [0.1, 0.15) is 0 Å². The minimum Gasteiger partial charge on any atom is -0.295 e. The number of benzene rings is 1. The molecule has 0 spiro atoms. The van der Waals surface area contributed by atoms with Gasteiger partial charge in [-0.15, -0.1) is 0 Å². The first-order valence-corrected chi connectivity index (χ1v) is 9.81. The van der Waals surface area contributed by atoms with Gasteiger partial charge in [-0.3, -0.25) is 9.59 Å². The lowest BCUT2D eigenvalue weighted by Crippen LogP contribution is -2.18. The molecule has 2 nitrogen and oxygen atoms in total. The second kappa shape index (κ2) is 13.9. The quantitative estimate of drug-likeness (QED) is 0.227. The van der Waals surface area contributed by atoms with E-state index in [2.05, 4.69) is 6.92 Å². The summed E-state index contributed by atoms with van der Waals surface area (Å²) in [5.74, 6) is -0.381. The van der Waals surface area contributed by atoms with Crippen LogP contribution in [0, 0.1) is 5.92 Å². The molecule has 1 rings (SSSR count). The molecule has 0 aromatic heterocycles. The predicted octanol–water partition coefficient (Wildman–Crippen LogP) is 5.92. The van der Waals surface area contributed by atoms with Crippen molar-refractivity contribution < 1.29 is 9.59 Å². The van der Waals surface area contributed by atoms with Crippen molar-refractivity contribution in [1.82, 2.24) is 0 Å². The summed E-state index contributed by atoms with van der Waals surface area (Å²) in [5, 5.41) is 0. The molecule has 0 saturated carbocycles. The molecule has 0 fully saturated rings.